The fourth-order valence-corrected chi connectivity index (χ4v) is 3.61. The molecular formula is C18H17BrN4OS. The highest BCUT2D eigenvalue weighted by Crippen LogP contribution is 2.27. The molecule has 25 heavy (non-hydrogen) atoms. The number of nitrogens with zero attached hydrogens (tertiary/aromatic N) is 2. The summed E-state index contributed by atoms with van der Waals surface area (Å²) in [4.78, 5) is 21.5. The molecule has 0 aliphatic carbocycles. The monoisotopic (exact) mass is 416 g/mol. The van der Waals surface area contributed by atoms with Crippen LogP contribution in [-0.2, 0) is 17.6 Å². The Kier molecular flexibility index (Phi) is 5.78. The van der Waals surface area contributed by atoms with Gasteiger partial charge in [-0.15, -0.1) is 11.3 Å². The van der Waals surface area contributed by atoms with E-state index >= 15 is 0 Å². The Balaban J connectivity index is 1.62. The lowest BCUT2D eigenvalue weighted by Crippen LogP contribution is -2.12. The predicted octanol–water partition coefficient (Wildman–Crippen LogP) is 3.65. The van der Waals surface area contributed by atoms with Gasteiger partial charge in [0.05, 0.1) is 17.0 Å². The molecule has 0 unspecified atom stereocenters. The molecule has 2 aromatic heterocycles. The van der Waals surface area contributed by atoms with Gasteiger partial charge in [-0.05, 0) is 36.2 Å². The molecule has 0 atom stereocenters. The summed E-state index contributed by atoms with van der Waals surface area (Å²) in [5, 5.41) is 3.32. The summed E-state index contributed by atoms with van der Waals surface area (Å²) in [5.74, 6) is 0.457. The Morgan fingerprint density at radius 1 is 1.16 bits per heavy atom. The van der Waals surface area contributed by atoms with E-state index < -0.39 is 0 Å². The third-order valence-corrected chi connectivity index (χ3v) is 5.20. The SMILES string of the molecule is NC(=O)Cc1ccc(-c2cc(NCCc3ccc(Br)cc3)ncn2)s1. The van der Waals surface area contributed by atoms with E-state index in [1.807, 2.05) is 30.3 Å². The molecule has 0 aliphatic rings. The lowest BCUT2D eigenvalue weighted by Gasteiger charge is -2.06. The van der Waals surface area contributed by atoms with E-state index in [2.05, 4.69) is 43.3 Å². The predicted molar refractivity (Wildman–Crippen MR) is 105 cm³/mol. The van der Waals surface area contributed by atoms with Crippen LogP contribution < -0.4 is 11.1 Å². The summed E-state index contributed by atoms with van der Waals surface area (Å²) in [7, 11) is 0. The summed E-state index contributed by atoms with van der Waals surface area (Å²) in [6, 6.07) is 14.1. The smallest absolute Gasteiger partial charge is 0.222 e. The maximum Gasteiger partial charge on any atom is 0.222 e. The zero-order valence-electron chi connectivity index (χ0n) is 13.4. The van der Waals surface area contributed by atoms with Gasteiger partial charge >= 0.3 is 0 Å². The van der Waals surface area contributed by atoms with Gasteiger partial charge in [0.1, 0.15) is 12.1 Å². The molecule has 3 aromatic rings. The lowest BCUT2D eigenvalue weighted by atomic mass is 10.1. The van der Waals surface area contributed by atoms with E-state index in [9.17, 15) is 4.79 Å². The Bertz CT molecular complexity index is 864. The Morgan fingerprint density at radius 3 is 2.72 bits per heavy atom. The summed E-state index contributed by atoms with van der Waals surface area (Å²) in [5.41, 5.74) is 7.34. The normalized spacial score (nSPS) is 10.6. The van der Waals surface area contributed by atoms with Crippen molar-refractivity contribution >= 4 is 39.0 Å². The molecule has 0 radical (unpaired) electrons. The van der Waals surface area contributed by atoms with Gasteiger partial charge in [0, 0.05) is 22.0 Å². The Hall–Kier alpha value is -2.25. The van der Waals surface area contributed by atoms with E-state index in [-0.39, 0.29) is 12.3 Å². The quantitative estimate of drug-likeness (QED) is 0.615. The van der Waals surface area contributed by atoms with Crippen molar-refractivity contribution in [3.05, 3.63) is 63.7 Å². The van der Waals surface area contributed by atoms with E-state index in [1.54, 1.807) is 6.33 Å². The second-order valence-corrected chi connectivity index (χ2v) is 7.58. The number of halogens is 1. The number of nitrogens with two attached hydrogens (primary N) is 1. The maximum atomic E-state index is 11.0. The van der Waals surface area contributed by atoms with Gasteiger partial charge in [-0.2, -0.15) is 0 Å². The molecule has 0 bridgehead atoms. The molecule has 3 N–H and O–H groups in total. The van der Waals surface area contributed by atoms with Crippen molar-refractivity contribution in [2.24, 2.45) is 5.73 Å². The first-order valence-corrected chi connectivity index (χ1v) is 9.39. The van der Waals surface area contributed by atoms with Gasteiger partial charge in [-0.1, -0.05) is 28.1 Å². The minimum Gasteiger partial charge on any atom is -0.370 e. The van der Waals surface area contributed by atoms with Crippen LogP contribution in [0, 0.1) is 0 Å². The zero-order valence-corrected chi connectivity index (χ0v) is 15.8. The summed E-state index contributed by atoms with van der Waals surface area (Å²) in [6.07, 6.45) is 2.72. The molecular weight excluding hydrogens is 400 g/mol. The van der Waals surface area contributed by atoms with Gasteiger partial charge in [0.15, 0.2) is 0 Å². The van der Waals surface area contributed by atoms with Crippen LogP contribution in [0.1, 0.15) is 10.4 Å². The number of hydrogen-bond donors (Lipinski definition) is 2. The topological polar surface area (TPSA) is 80.9 Å². The van der Waals surface area contributed by atoms with Crippen LogP contribution in [0.2, 0.25) is 0 Å². The van der Waals surface area contributed by atoms with Crippen LogP contribution in [0.25, 0.3) is 10.6 Å². The molecule has 0 saturated carbocycles. The largest absolute Gasteiger partial charge is 0.370 e. The van der Waals surface area contributed by atoms with Crippen molar-refractivity contribution in [3.8, 4) is 10.6 Å². The number of carbonyl (C=O) groups excluding carboxylic acids is 1. The third kappa shape index (κ3) is 5.11. The fraction of sp³-hybridized carbons (Fsp3) is 0.167. The molecule has 0 aliphatic heterocycles. The van der Waals surface area contributed by atoms with E-state index in [1.165, 1.54) is 16.9 Å². The number of anilines is 1. The molecule has 7 heteroatoms. The number of thiophene rings is 1. The van der Waals surface area contributed by atoms with Gasteiger partial charge in [0.25, 0.3) is 0 Å². The Morgan fingerprint density at radius 2 is 1.96 bits per heavy atom. The second kappa shape index (κ2) is 8.22. The second-order valence-electron chi connectivity index (χ2n) is 5.50. The van der Waals surface area contributed by atoms with Crippen LogP contribution in [-0.4, -0.2) is 22.4 Å². The average molecular weight is 417 g/mol. The minimum atomic E-state index is -0.327. The van der Waals surface area contributed by atoms with Crippen LogP contribution in [0.3, 0.4) is 0 Å². The third-order valence-electron chi connectivity index (χ3n) is 3.56. The molecule has 0 fully saturated rings. The highest BCUT2D eigenvalue weighted by molar-refractivity contribution is 9.10. The molecule has 0 spiro atoms. The lowest BCUT2D eigenvalue weighted by molar-refractivity contribution is -0.117. The highest BCUT2D eigenvalue weighted by Gasteiger charge is 2.07. The standard InChI is InChI=1S/C18H17BrN4OS/c19-13-3-1-12(2-4-13)7-8-21-18-10-15(22-11-23-18)16-6-5-14(25-16)9-17(20)24/h1-6,10-11H,7-9H2,(H2,20,24)(H,21,22,23). The number of aromatic nitrogens is 2. The number of rotatable bonds is 7. The number of carbonyl (C=O) groups is 1. The van der Waals surface area contributed by atoms with E-state index in [4.69, 9.17) is 5.73 Å². The van der Waals surface area contributed by atoms with Crippen molar-refractivity contribution in [2.45, 2.75) is 12.8 Å². The minimum absolute atomic E-state index is 0.258. The van der Waals surface area contributed by atoms with Crippen LogP contribution in [0.5, 0.6) is 0 Å². The van der Waals surface area contributed by atoms with E-state index in [0.717, 1.165) is 38.7 Å². The van der Waals surface area contributed by atoms with Crippen LogP contribution >= 0.6 is 27.3 Å². The first-order valence-electron chi connectivity index (χ1n) is 7.78. The Labute approximate surface area is 158 Å². The number of hydrogen-bond acceptors (Lipinski definition) is 5. The van der Waals surface area contributed by atoms with Crippen LogP contribution in [0.4, 0.5) is 5.82 Å². The van der Waals surface area contributed by atoms with E-state index in [0.29, 0.717) is 0 Å². The molecule has 0 saturated heterocycles. The summed E-state index contributed by atoms with van der Waals surface area (Å²) >= 11 is 4.96. The fourth-order valence-electron chi connectivity index (χ4n) is 2.36. The average Bonchev–Trinajstić information content (AvgIpc) is 3.05. The van der Waals surface area contributed by atoms with Crippen molar-refractivity contribution in [1.29, 1.82) is 0 Å². The first-order chi connectivity index (χ1) is 12.1. The number of benzene rings is 1. The van der Waals surface area contributed by atoms with Crippen molar-refractivity contribution < 1.29 is 4.79 Å². The van der Waals surface area contributed by atoms with Crippen molar-refractivity contribution in [1.82, 2.24) is 9.97 Å². The first kappa shape index (κ1) is 17.6. The molecule has 1 aromatic carbocycles. The van der Waals surface area contributed by atoms with Gasteiger partial charge in [0.2, 0.25) is 5.91 Å². The highest BCUT2D eigenvalue weighted by atomic mass is 79.9. The number of primary amides is 1. The summed E-state index contributed by atoms with van der Waals surface area (Å²) < 4.78 is 1.08. The molecule has 1 amide bonds. The van der Waals surface area contributed by atoms with Crippen LogP contribution in [0.15, 0.2) is 53.3 Å². The molecule has 2 heterocycles. The zero-order chi connectivity index (χ0) is 17.6. The molecule has 5 nitrogen and oxygen atoms in total. The summed E-state index contributed by atoms with van der Waals surface area (Å²) in [6.45, 7) is 0.787. The number of nitrogens with one attached hydrogen (secondary N) is 1. The number of amides is 1. The maximum absolute atomic E-state index is 11.0. The van der Waals surface area contributed by atoms with Gasteiger partial charge < -0.3 is 11.1 Å². The molecule has 3 rings (SSSR count). The van der Waals surface area contributed by atoms with Crippen molar-refractivity contribution in [3.63, 3.8) is 0 Å². The van der Waals surface area contributed by atoms with Crippen molar-refractivity contribution in [2.75, 3.05) is 11.9 Å². The van der Waals surface area contributed by atoms with Gasteiger partial charge in [-0.25, -0.2) is 9.97 Å². The molecule has 128 valence electrons. The van der Waals surface area contributed by atoms with Gasteiger partial charge in [-0.3, -0.25) is 4.79 Å².